The van der Waals surface area contributed by atoms with Crippen LogP contribution in [0.25, 0.3) is 0 Å². The molecule has 0 aromatic heterocycles. The van der Waals surface area contributed by atoms with E-state index < -0.39 is 29.0 Å². The van der Waals surface area contributed by atoms with Gasteiger partial charge in [0.25, 0.3) is 5.91 Å². The van der Waals surface area contributed by atoms with Crippen molar-refractivity contribution in [3.63, 3.8) is 0 Å². The fourth-order valence-corrected chi connectivity index (χ4v) is 2.23. The number of anilines is 1. The molecule has 0 radical (unpaired) electrons. The Bertz CT molecular complexity index is 791. The monoisotopic (exact) mass is 332 g/mol. The van der Waals surface area contributed by atoms with Gasteiger partial charge in [0.05, 0.1) is 12.1 Å². The minimum atomic E-state index is -0.830. The summed E-state index contributed by atoms with van der Waals surface area (Å²) in [5.74, 6) is -2.73. The molecular weight excluding hydrogens is 314 g/mol. The molecule has 6 heteroatoms. The highest BCUT2D eigenvalue weighted by Gasteiger charge is 2.19. The van der Waals surface area contributed by atoms with Gasteiger partial charge in [-0.2, -0.15) is 0 Å². The number of aryl methyl sites for hydroxylation is 1. The van der Waals surface area contributed by atoms with Gasteiger partial charge in [0, 0.05) is 12.7 Å². The lowest BCUT2D eigenvalue weighted by Crippen LogP contribution is -2.35. The summed E-state index contributed by atoms with van der Waals surface area (Å²) in [4.78, 5) is 25.3. The van der Waals surface area contributed by atoms with Crippen molar-refractivity contribution < 1.29 is 18.4 Å². The molecule has 4 nitrogen and oxygen atoms in total. The summed E-state index contributed by atoms with van der Waals surface area (Å²) in [6.07, 6.45) is 0. The number of rotatable bonds is 4. The normalized spacial score (nSPS) is 10.4. The zero-order valence-corrected chi connectivity index (χ0v) is 13.7. The van der Waals surface area contributed by atoms with Crippen LogP contribution in [0.3, 0.4) is 0 Å². The number of nitrogens with zero attached hydrogens (tertiary/aromatic N) is 1. The number of nitrogens with one attached hydrogen (secondary N) is 1. The van der Waals surface area contributed by atoms with E-state index in [4.69, 9.17) is 0 Å². The zero-order chi connectivity index (χ0) is 17.9. The van der Waals surface area contributed by atoms with Gasteiger partial charge in [0.1, 0.15) is 11.6 Å². The molecule has 0 fully saturated rings. The van der Waals surface area contributed by atoms with Gasteiger partial charge in [-0.05, 0) is 49.2 Å². The van der Waals surface area contributed by atoms with Crippen LogP contribution in [0.5, 0.6) is 0 Å². The minimum Gasteiger partial charge on any atom is -0.332 e. The van der Waals surface area contributed by atoms with Crippen LogP contribution in [0, 0.1) is 25.5 Å². The van der Waals surface area contributed by atoms with Crippen LogP contribution in [0.4, 0.5) is 14.5 Å². The molecule has 2 aromatic rings. The summed E-state index contributed by atoms with van der Waals surface area (Å²) >= 11 is 0. The van der Waals surface area contributed by atoms with Crippen molar-refractivity contribution in [2.45, 2.75) is 13.8 Å². The highest BCUT2D eigenvalue weighted by molar-refractivity contribution is 5.99. The van der Waals surface area contributed by atoms with E-state index in [0.717, 1.165) is 34.2 Å². The van der Waals surface area contributed by atoms with E-state index in [1.165, 1.54) is 7.05 Å². The maximum atomic E-state index is 13.6. The Morgan fingerprint density at radius 1 is 1.12 bits per heavy atom. The third-order valence-corrected chi connectivity index (χ3v) is 3.77. The molecule has 0 spiro atoms. The number of likely N-dealkylation sites (N-methyl/N-ethyl adjacent to an activating group) is 1. The maximum Gasteiger partial charge on any atom is 0.257 e. The Balaban J connectivity index is 2.07. The van der Waals surface area contributed by atoms with Crippen LogP contribution >= 0.6 is 0 Å². The molecule has 0 unspecified atom stereocenters. The van der Waals surface area contributed by atoms with E-state index in [9.17, 15) is 18.4 Å². The van der Waals surface area contributed by atoms with Gasteiger partial charge in [-0.3, -0.25) is 9.59 Å². The number of hydrogen-bond acceptors (Lipinski definition) is 2. The second-order valence-electron chi connectivity index (χ2n) is 5.58. The highest BCUT2D eigenvalue weighted by atomic mass is 19.1. The van der Waals surface area contributed by atoms with Crippen molar-refractivity contribution in [2.75, 3.05) is 18.9 Å². The molecule has 0 aliphatic heterocycles. The summed E-state index contributed by atoms with van der Waals surface area (Å²) in [6, 6.07) is 8.12. The average Bonchev–Trinajstić information content (AvgIpc) is 2.53. The number of amides is 2. The molecule has 2 rings (SSSR count). The van der Waals surface area contributed by atoms with Crippen molar-refractivity contribution in [3.8, 4) is 0 Å². The lowest BCUT2D eigenvalue weighted by molar-refractivity contribution is -0.116. The standard InChI is InChI=1S/C18H18F2N2O2/c1-11-5-4-6-16(12(11)2)21-17(23)10-22(3)18(24)14-9-13(19)7-8-15(14)20/h4-9H,10H2,1-3H3,(H,21,23). The predicted molar refractivity (Wildman–Crippen MR) is 87.9 cm³/mol. The summed E-state index contributed by atoms with van der Waals surface area (Å²) in [5.41, 5.74) is 2.20. The van der Waals surface area contributed by atoms with Gasteiger partial charge >= 0.3 is 0 Å². The fraction of sp³-hybridized carbons (Fsp3) is 0.222. The quantitative estimate of drug-likeness (QED) is 0.934. The first kappa shape index (κ1) is 17.6. The molecule has 0 saturated carbocycles. The number of benzene rings is 2. The lowest BCUT2D eigenvalue weighted by Gasteiger charge is -2.18. The molecule has 0 aliphatic rings. The minimum absolute atomic E-state index is 0.276. The second-order valence-corrected chi connectivity index (χ2v) is 5.58. The Morgan fingerprint density at radius 3 is 2.54 bits per heavy atom. The third-order valence-electron chi connectivity index (χ3n) is 3.77. The van der Waals surface area contributed by atoms with Crippen LogP contribution in [-0.2, 0) is 4.79 Å². The molecular formula is C18H18F2N2O2. The first-order valence-corrected chi connectivity index (χ1v) is 7.36. The molecule has 1 N–H and O–H groups in total. The van der Waals surface area contributed by atoms with Crippen molar-refractivity contribution in [1.82, 2.24) is 4.90 Å². The largest absolute Gasteiger partial charge is 0.332 e. The van der Waals surface area contributed by atoms with Crippen LogP contribution in [-0.4, -0.2) is 30.3 Å². The first-order valence-electron chi connectivity index (χ1n) is 7.36. The molecule has 0 atom stereocenters. The van der Waals surface area contributed by atoms with E-state index in [1.807, 2.05) is 26.0 Å². The molecule has 2 amide bonds. The summed E-state index contributed by atoms with van der Waals surface area (Å²) in [6.45, 7) is 3.53. The Labute approximate surface area is 139 Å². The van der Waals surface area contributed by atoms with E-state index in [0.29, 0.717) is 5.69 Å². The van der Waals surface area contributed by atoms with Gasteiger partial charge in [0.2, 0.25) is 5.91 Å². The van der Waals surface area contributed by atoms with Crippen molar-refractivity contribution in [1.29, 1.82) is 0 Å². The van der Waals surface area contributed by atoms with Crippen LogP contribution in [0.1, 0.15) is 21.5 Å². The highest BCUT2D eigenvalue weighted by Crippen LogP contribution is 2.18. The average molecular weight is 332 g/mol. The molecule has 0 aliphatic carbocycles. The molecule has 0 saturated heterocycles. The lowest BCUT2D eigenvalue weighted by atomic mass is 10.1. The fourth-order valence-electron chi connectivity index (χ4n) is 2.23. The number of hydrogen-bond donors (Lipinski definition) is 1. The van der Waals surface area contributed by atoms with Crippen LogP contribution < -0.4 is 5.32 Å². The smallest absolute Gasteiger partial charge is 0.257 e. The van der Waals surface area contributed by atoms with Crippen molar-refractivity contribution in [3.05, 3.63) is 64.7 Å². The second kappa shape index (κ2) is 7.21. The van der Waals surface area contributed by atoms with Gasteiger partial charge in [-0.15, -0.1) is 0 Å². The van der Waals surface area contributed by atoms with Gasteiger partial charge in [-0.25, -0.2) is 8.78 Å². The topological polar surface area (TPSA) is 49.4 Å². The maximum absolute atomic E-state index is 13.6. The Hall–Kier alpha value is -2.76. The van der Waals surface area contributed by atoms with Crippen LogP contribution in [0.15, 0.2) is 36.4 Å². The Morgan fingerprint density at radius 2 is 1.83 bits per heavy atom. The Kier molecular flexibility index (Phi) is 5.28. The van der Waals surface area contributed by atoms with Crippen LogP contribution in [0.2, 0.25) is 0 Å². The zero-order valence-electron chi connectivity index (χ0n) is 13.7. The molecule has 24 heavy (non-hydrogen) atoms. The SMILES string of the molecule is Cc1cccc(NC(=O)CN(C)C(=O)c2cc(F)ccc2F)c1C. The van der Waals surface area contributed by atoms with E-state index in [1.54, 1.807) is 6.07 Å². The van der Waals surface area contributed by atoms with Gasteiger partial charge in [0.15, 0.2) is 0 Å². The number of carbonyl (C=O) groups excluding carboxylic acids is 2. The summed E-state index contributed by atoms with van der Waals surface area (Å²) in [5, 5.41) is 2.71. The molecule has 2 aromatic carbocycles. The van der Waals surface area contributed by atoms with E-state index >= 15 is 0 Å². The summed E-state index contributed by atoms with van der Waals surface area (Å²) < 4.78 is 26.8. The molecule has 126 valence electrons. The van der Waals surface area contributed by atoms with E-state index in [-0.39, 0.29) is 6.54 Å². The van der Waals surface area contributed by atoms with Crippen molar-refractivity contribution >= 4 is 17.5 Å². The molecule has 0 bridgehead atoms. The summed E-state index contributed by atoms with van der Waals surface area (Å²) in [7, 11) is 1.36. The number of carbonyl (C=O) groups is 2. The number of halogens is 2. The first-order chi connectivity index (χ1) is 11.3. The van der Waals surface area contributed by atoms with Gasteiger partial charge in [-0.1, -0.05) is 12.1 Å². The van der Waals surface area contributed by atoms with Gasteiger partial charge < -0.3 is 10.2 Å². The molecule has 0 heterocycles. The predicted octanol–water partition coefficient (Wildman–Crippen LogP) is 3.29. The van der Waals surface area contributed by atoms with E-state index in [2.05, 4.69) is 5.32 Å². The third kappa shape index (κ3) is 3.95. The van der Waals surface area contributed by atoms with Crippen molar-refractivity contribution in [2.24, 2.45) is 0 Å².